The van der Waals surface area contributed by atoms with E-state index >= 15 is 0 Å². The number of halogens is 1. The maximum Gasteiger partial charge on any atom is 0.361 e. The van der Waals surface area contributed by atoms with Crippen molar-refractivity contribution in [1.82, 2.24) is 19.9 Å². The molecule has 11 heteroatoms. The van der Waals surface area contributed by atoms with Crippen molar-refractivity contribution < 1.29 is 23.8 Å². The van der Waals surface area contributed by atoms with Gasteiger partial charge in [0.1, 0.15) is 5.75 Å². The molecule has 0 unspecified atom stereocenters. The zero-order chi connectivity index (χ0) is 20.8. The highest BCUT2D eigenvalue weighted by Gasteiger charge is 2.27. The van der Waals surface area contributed by atoms with E-state index in [1.807, 2.05) is 18.2 Å². The summed E-state index contributed by atoms with van der Waals surface area (Å²) in [7, 11) is 4.15. The van der Waals surface area contributed by atoms with Gasteiger partial charge in [-0.05, 0) is 12.1 Å². The first-order chi connectivity index (χ1) is 14.1. The van der Waals surface area contributed by atoms with Crippen LogP contribution in [0.15, 0.2) is 24.3 Å². The number of esters is 2. The lowest BCUT2D eigenvalue weighted by atomic mass is 10.2. The predicted molar refractivity (Wildman–Crippen MR) is 112 cm³/mol. The number of aromatic nitrogens is 3. The van der Waals surface area contributed by atoms with Gasteiger partial charge in [0.25, 0.3) is 0 Å². The number of piperazine rings is 1. The van der Waals surface area contributed by atoms with Crippen LogP contribution in [0, 0.1) is 0 Å². The molecule has 1 aliphatic heterocycles. The van der Waals surface area contributed by atoms with Gasteiger partial charge in [0.05, 0.1) is 33.6 Å². The molecule has 1 fully saturated rings. The fraction of sp³-hybridized carbons (Fsp3) is 0.474. The summed E-state index contributed by atoms with van der Waals surface area (Å²) in [6, 6.07) is 7.97. The van der Waals surface area contributed by atoms with Crippen LogP contribution in [0.3, 0.4) is 0 Å². The van der Waals surface area contributed by atoms with Crippen molar-refractivity contribution >= 4 is 30.0 Å². The Morgan fingerprint density at radius 1 is 0.967 bits per heavy atom. The van der Waals surface area contributed by atoms with E-state index in [2.05, 4.69) is 30.9 Å². The second kappa shape index (κ2) is 10.8. The predicted octanol–water partition coefficient (Wildman–Crippen LogP) is 1.10. The van der Waals surface area contributed by atoms with Crippen LogP contribution in [0.1, 0.15) is 21.0 Å². The van der Waals surface area contributed by atoms with Crippen molar-refractivity contribution in [2.45, 2.75) is 6.54 Å². The third-order valence-electron chi connectivity index (χ3n) is 4.92. The molecule has 0 amide bonds. The number of rotatable bonds is 7. The zero-order valence-corrected chi connectivity index (χ0v) is 18.1. The van der Waals surface area contributed by atoms with Crippen LogP contribution >= 0.6 is 12.4 Å². The number of carbonyl (C=O) groups is 2. The van der Waals surface area contributed by atoms with Crippen molar-refractivity contribution in [3.05, 3.63) is 35.7 Å². The summed E-state index contributed by atoms with van der Waals surface area (Å²) in [6.07, 6.45) is 0. The SMILES string of the molecule is COC(=O)c1nnn(CCN2CCN(c3ccccc3OC)CC2)c1C(=O)OC.Cl. The number of hydrogen-bond donors (Lipinski definition) is 0. The number of ether oxygens (including phenoxy) is 3. The Bertz CT molecular complexity index is 867. The summed E-state index contributed by atoms with van der Waals surface area (Å²) < 4.78 is 16.3. The fourth-order valence-electron chi connectivity index (χ4n) is 3.34. The molecule has 0 bridgehead atoms. The van der Waals surface area contributed by atoms with Gasteiger partial charge >= 0.3 is 11.9 Å². The molecule has 1 saturated heterocycles. The summed E-state index contributed by atoms with van der Waals surface area (Å²) in [5.74, 6) is -0.528. The van der Waals surface area contributed by atoms with E-state index in [-0.39, 0.29) is 23.8 Å². The highest BCUT2D eigenvalue weighted by molar-refractivity contribution is 6.00. The Balaban J connectivity index is 0.00000320. The van der Waals surface area contributed by atoms with E-state index < -0.39 is 11.9 Å². The molecule has 3 rings (SSSR count). The Morgan fingerprint density at radius 3 is 2.27 bits per heavy atom. The average Bonchev–Trinajstić information content (AvgIpc) is 3.21. The average molecular weight is 440 g/mol. The van der Waals surface area contributed by atoms with Gasteiger partial charge < -0.3 is 19.1 Å². The topological polar surface area (TPSA) is 99.0 Å². The van der Waals surface area contributed by atoms with E-state index in [9.17, 15) is 9.59 Å². The van der Waals surface area contributed by atoms with Crippen molar-refractivity contribution in [1.29, 1.82) is 0 Å². The van der Waals surface area contributed by atoms with Gasteiger partial charge in [-0.1, -0.05) is 17.3 Å². The molecule has 2 heterocycles. The van der Waals surface area contributed by atoms with Crippen LogP contribution in [0.25, 0.3) is 0 Å². The molecule has 164 valence electrons. The van der Waals surface area contributed by atoms with E-state index in [0.29, 0.717) is 13.1 Å². The van der Waals surface area contributed by atoms with Gasteiger partial charge in [0.2, 0.25) is 5.69 Å². The number of carbonyl (C=O) groups excluding carboxylic acids is 2. The lowest BCUT2D eigenvalue weighted by molar-refractivity contribution is 0.0542. The molecule has 0 N–H and O–H groups in total. The van der Waals surface area contributed by atoms with Crippen molar-refractivity contribution in [3.8, 4) is 5.75 Å². The van der Waals surface area contributed by atoms with Crippen LogP contribution in [0.5, 0.6) is 5.75 Å². The molecule has 2 aromatic rings. The molecule has 0 aliphatic carbocycles. The van der Waals surface area contributed by atoms with Crippen molar-refractivity contribution in [2.24, 2.45) is 0 Å². The first kappa shape index (κ1) is 23.4. The molecule has 1 aromatic heterocycles. The van der Waals surface area contributed by atoms with Gasteiger partial charge in [-0.2, -0.15) is 0 Å². The summed E-state index contributed by atoms with van der Waals surface area (Å²) in [4.78, 5) is 28.5. The lowest BCUT2D eigenvalue weighted by Gasteiger charge is -2.36. The smallest absolute Gasteiger partial charge is 0.361 e. The Hall–Kier alpha value is -2.85. The van der Waals surface area contributed by atoms with Crippen LogP contribution in [0.2, 0.25) is 0 Å². The summed E-state index contributed by atoms with van der Waals surface area (Å²) in [6.45, 7) is 4.48. The van der Waals surface area contributed by atoms with Crippen LogP contribution in [-0.2, 0) is 16.0 Å². The van der Waals surface area contributed by atoms with Gasteiger partial charge in [0, 0.05) is 32.7 Å². The molecular formula is C19H26ClN5O5. The third kappa shape index (κ3) is 5.00. The third-order valence-corrected chi connectivity index (χ3v) is 4.92. The van der Waals surface area contributed by atoms with E-state index in [1.165, 1.54) is 18.9 Å². The second-order valence-electron chi connectivity index (χ2n) is 6.49. The molecule has 10 nitrogen and oxygen atoms in total. The molecule has 0 atom stereocenters. The number of para-hydroxylation sites is 2. The van der Waals surface area contributed by atoms with Gasteiger partial charge in [-0.15, -0.1) is 17.5 Å². The minimum absolute atomic E-state index is 0. The lowest BCUT2D eigenvalue weighted by Crippen LogP contribution is -2.47. The van der Waals surface area contributed by atoms with Crippen molar-refractivity contribution in [3.63, 3.8) is 0 Å². The Morgan fingerprint density at radius 2 is 1.63 bits per heavy atom. The number of methoxy groups -OCH3 is 3. The highest BCUT2D eigenvalue weighted by Crippen LogP contribution is 2.28. The van der Waals surface area contributed by atoms with Crippen LogP contribution in [0.4, 0.5) is 5.69 Å². The zero-order valence-electron chi connectivity index (χ0n) is 17.2. The maximum absolute atomic E-state index is 12.1. The van der Waals surface area contributed by atoms with Crippen LogP contribution < -0.4 is 9.64 Å². The number of anilines is 1. The molecule has 0 saturated carbocycles. The summed E-state index contributed by atoms with van der Waals surface area (Å²) in [5.41, 5.74) is 0.953. The van der Waals surface area contributed by atoms with E-state index in [1.54, 1.807) is 7.11 Å². The van der Waals surface area contributed by atoms with Gasteiger partial charge in [-0.3, -0.25) is 4.90 Å². The van der Waals surface area contributed by atoms with E-state index in [0.717, 1.165) is 37.6 Å². The largest absolute Gasteiger partial charge is 0.495 e. The number of nitrogens with zero attached hydrogens (tertiary/aromatic N) is 5. The summed E-state index contributed by atoms with van der Waals surface area (Å²) in [5, 5.41) is 7.72. The van der Waals surface area contributed by atoms with Crippen molar-refractivity contribution in [2.75, 3.05) is 59.0 Å². The normalized spacial score (nSPS) is 14.0. The van der Waals surface area contributed by atoms with Gasteiger partial charge in [0.15, 0.2) is 5.69 Å². The standard InChI is InChI=1S/C19H25N5O5.ClH/c1-27-15-7-5-4-6-14(15)23-11-8-22(9-12-23)10-13-24-17(19(26)29-3)16(20-21-24)18(25)28-2;/h4-7H,8-13H2,1-3H3;1H. The number of hydrogen-bond acceptors (Lipinski definition) is 9. The minimum atomic E-state index is -0.720. The second-order valence-corrected chi connectivity index (χ2v) is 6.49. The van der Waals surface area contributed by atoms with E-state index in [4.69, 9.17) is 9.47 Å². The maximum atomic E-state index is 12.1. The molecule has 0 radical (unpaired) electrons. The van der Waals surface area contributed by atoms with Gasteiger partial charge in [-0.25, -0.2) is 14.3 Å². The molecule has 1 aromatic carbocycles. The highest BCUT2D eigenvalue weighted by atomic mass is 35.5. The molecule has 0 spiro atoms. The monoisotopic (exact) mass is 439 g/mol. The Labute approximate surface area is 181 Å². The first-order valence-corrected chi connectivity index (χ1v) is 9.29. The summed E-state index contributed by atoms with van der Waals surface area (Å²) >= 11 is 0. The fourth-order valence-corrected chi connectivity index (χ4v) is 3.34. The first-order valence-electron chi connectivity index (χ1n) is 9.29. The number of benzene rings is 1. The molecular weight excluding hydrogens is 414 g/mol. The Kier molecular flexibility index (Phi) is 8.43. The molecule has 30 heavy (non-hydrogen) atoms. The quantitative estimate of drug-likeness (QED) is 0.587. The van der Waals surface area contributed by atoms with Crippen LogP contribution in [-0.4, -0.2) is 85.9 Å². The molecule has 1 aliphatic rings. The minimum Gasteiger partial charge on any atom is -0.495 e.